The van der Waals surface area contributed by atoms with Gasteiger partial charge in [-0.25, -0.2) is 4.98 Å². The van der Waals surface area contributed by atoms with Crippen LogP contribution in [0.25, 0.3) is 11.3 Å². The molecule has 2 heterocycles. The van der Waals surface area contributed by atoms with Gasteiger partial charge in [-0.3, -0.25) is 0 Å². The number of nitrogens with zero attached hydrogens (tertiary/aromatic N) is 2. The second-order valence-corrected chi connectivity index (χ2v) is 10.2. The molecule has 6 nitrogen and oxygen atoms in total. The fourth-order valence-corrected chi connectivity index (χ4v) is 5.47. The maximum atomic E-state index is 9.91. The van der Waals surface area contributed by atoms with Crippen molar-refractivity contribution in [2.24, 2.45) is 5.73 Å². The van der Waals surface area contributed by atoms with Crippen LogP contribution in [-0.2, 0) is 11.8 Å². The van der Waals surface area contributed by atoms with Crippen molar-refractivity contribution in [1.29, 1.82) is 0 Å². The van der Waals surface area contributed by atoms with E-state index in [9.17, 15) is 5.11 Å². The quantitative estimate of drug-likeness (QED) is 0.538. The van der Waals surface area contributed by atoms with Gasteiger partial charge in [0, 0.05) is 36.6 Å². The summed E-state index contributed by atoms with van der Waals surface area (Å²) in [6.07, 6.45) is 3.67. The van der Waals surface area contributed by atoms with Gasteiger partial charge < -0.3 is 26.2 Å². The number of piperidine rings is 1. The molecule has 2 aliphatic rings. The molecule has 0 amide bonds. The Balaban J connectivity index is 1.33. The molecule has 5 N–H and O–H groups in total. The molecular formula is C23H34N4O2S. The summed E-state index contributed by atoms with van der Waals surface area (Å²) in [6.45, 7) is 6.79. The number of thiazole rings is 1. The van der Waals surface area contributed by atoms with Crippen LogP contribution in [0.3, 0.4) is 0 Å². The van der Waals surface area contributed by atoms with E-state index in [0.717, 1.165) is 43.2 Å². The molecule has 1 aliphatic carbocycles. The summed E-state index contributed by atoms with van der Waals surface area (Å²) >= 11 is 1.72. The number of nitrogens with two attached hydrogens (primary N) is 1. The smallest absolute Gasteiger partial charge is 0.185 e. The SMILES string of the molecule is CC1(C)CCc2cc(-c3csc(N4CCC(NC[C@@H](O)[C@@H](N)CO)CC4)n3)ccc21. The first kappa shape index (κ1) is 21.7. The number of hydrogen-bond donors (Lipinski definition) is 4. The van der Waals surface area contributed by atoms with Gasteiger partial charge in [-0.1, -0.05) is 26.0 Å². The average molecular weight is 431 g/mol. The van der Waals surface area contributed by atoms with Crippen molar-refractivity contribution in [3.8, 4) is 11.3 Å². The largest absolute Gasteiger partial charge is 0.395 e. The van der Waals surface area contributed by atoms with Crippen LogP contribution in [0.1, 0.15) is 44.2 Å². The molecule has 0 saturated carbocycles. The summed E-state index contributed by atoms with van der Waals surface area (Å²) in [6, 6.07) is 6.63. The minimum absolute atomic E-state index is 0.199. The van der Waals surface area contributed by atoms with E-state index in [0.29, 0.717) is 18.0 Å². The van der Waals surface area contributed by atoms with Crippen molar-refractivity contribution < 1.29 is 10.2 Å². The monoisotopic (exact) mass is 430 g/mol. The van der Waals surface area contributed by atoms with E-state index in [2.05, 4.69) is 47.6 Å². The van der Waals surface area contributed by atoms with Crippen LogP contribution in [0.5, 0.6) is 0 Å². The van der Waals surface area contributed by atoms with Crippen molar-refractivity contribution >= 4 is 16.5 Å². The second kappa shape index (κ2) is 8.93. The number of rotatable bonds is 7. The van der Waals surface area contributed by atoms with Crippen LogP contribution in [0.15, 0.2) is 23.6 Å². The lowest BCUT2D eigenvalue weighted by Gasteiger charge is -2.33. The highest BCUT2D eigenvalue weighted by atomic mass is 32.1. The molecule has 1 saturated heterocycles. The minimum atomic E-state index is -0.715. The van der Waals surface area contributed by atoms with Crippen LogP contribution < -0.4 is 16.0 Å². The van der Waals surface area contributed by atoms with E-state index < -0.39 is 12.1 Å². The first-order chi connectivity index (χ1) is 14.4. The molecule has 1 aromatic carbocycles. The molecule has 4 rings (SSSR count). The molecule has 0 bridgehead atoms. The molecule has 1 aliphatic heterocycles. The van der Waals surface area contributed by atoms with Gasteiger partial charge in [0.05, 0.1) is 24.4 Å². The number of fused-ring (bicyclic) bond motifs is 1. The highest BCUT2D eigenvalue weighted by Gasteiger charge is 2.30. The molecule has 164 valence electrons. The Bertz CT molecular complexity index is 861. The first-order valence-corrected chi connectivity index (χ1v) is 11.9. The lowest BCUT2D eigenvalue weighted by atomic mass is 9.86. The van der Waals surface area contributed by atoms with Crippen LogP contribution >= 0.6 is 11.3 Å². The standard InChI is InChI=1S/C23H34N4O2S/c1-23(2)8-5-15-11-16(3-4-18(15)23)20-14-30-22(26-20)27-9-6-17(7-10-27)25-12-21(29)19(24)13-28/h3-4,11,14,17,19,21,25,28-29H,5-10,12-13,24H2,1-2H3/t19-,21+/m0/s1. The van der Waals surface area contributed by atoms with Gasteiger partial charge in [-0.15, -0.1) is 11.3 Å². The van der Waals surface area contributed by atoms with Crippen molar-refractivity contribution in [3.63, 3.8) is 0 Å². The summed E-state index contributed by atoms with van der Waals surface area (Å²) in [7, 11) is 0. The van der Waals surface area contributed by atoms with Gasteiger partial charge in [-0.05, 0) is 48.3 Å². The number of nitrogens with one attached hydrogen (secondary N) is 1. The Morgan fingerprint density at radius 1 is 1.33 bits per heavy atom. The summed E-state index contributed by atoms with van der Waals surface area (Å²) in [5, 5.41) is 25.6. The van der Waals surface area contributed by atoms with E-state index in [4.69, 9.17) is 15.8 Å². The summed E-state index contributed by atoms with van der Waals surface area (Å²) in [4.78, 5) is 7.30. The number of aliphatic hydroxyl groups is 2. The molecule has 2 aromatic rings. The van der Waals surface area contributed by atoms with E-state index in [-0.39, 0.29) is 6.61 Å². The third-order valence-corrected chi connectivity index (χ3v) is 7.63. The highest BCUT2D eigenvalue weighted by molar-refractivity contribution is 7.14. The average Bonchev–Trinajstić information content (AvgIpc) is 3.36. The van der Waals surface area contributed by atoms with Gasteiger partial charge in [0.15, 0.2) is 5.13 Å². The Kier molecular flexibility index (Phi) is 6.46. The van der Waals surface area contributed by atoms with Gasteiger partial charge in [-0.2, -0.15) is 0 Å². The van der Waals surface area contributed by atoms with Crippen molar-refractivity contribution in [2.45, 2.75) is 63.1 Å². The summed E-state index contributed by atoms with van der Waals surface area (Å²) < 4.78 is 0. The molecule has 0 spiro atoms. The number of anilines is 1. The van der Waals surface area contributed by atoms with Gasteiger partial charge >= 0.3 is 0 Å². The Hall–Kier alpha value is -1.51. The lowest BCUT2D eigenvalue weighted by molar-refractivity contribution is 0.104. The zero-order valence-electron chi connectivity index (χ0n) is 18.0. The van der Waals surface area contributed by atoms with Crippen LogP contribution in [0, 0.1) is 0 Å². The molecule has 2 atom stereocenters. The number of aryl methyl sites for hydroxylation is 1. The van der Waals surface area contributed by atoms with Crippen molar-refractivity contribution in [1.82, 2.24) is 10.3 Å². The third kappa shape index (κ3) is 4.55. The molecular weight excluding hydrogens is 396 g/mol. The topological polar surface area (TPSA) is 94.6 Å². The highest BCUT2D eigenvalue weighted by Crippen LogP contribution is 2.40. The number of benzene rings is 1. The molecule has 0 unspecified atom stereocenters. The maximum absolute atomic E-state index is 9.91. The predicted octanol–water partition coefficient (Wildman–Crippen LogP) is 2.27. The van der Waals surface area contributed by atoms with E-state index in [1.165, 1.54) is 23.1 Å². The minimum Gasteiger partial charge on any atom is -0.395 e. The number of aromatic nitrogens is 1. The van der Waals surface area contributed by atoms with Crippen LogP contribution in [-0.4, -0.2) is 59.6 Å². The third-order valence-electron chi connectivity index (χ3n) is 6.73. The number of hydrogen-bond acceptors (Lipinski definition) is 7. The Morgan fingerprint density at radius 2 is 2.10 bits per heavy atom. The second-order valence-electron chi connectivity index (χ2n) is 9.35. The zero-order valence-corrected chi connectivity index (χ0v) is 18.8. The van der Waals surface area contributed by atoms with Crippen molar-refractivity contribution in [2.75, 3.05) is 31.1 Å². The van der Waals surface area contributed by atoms with Gasteiger partial charge in [0.25, 0.3) is 0 Å². The van der Waals surface area contributed by atoms with Crippen LogP contribution in [0.2, 0.25) is 0 Å². The molecule has 7 heteroatoms. The summed E-state index contributed by atoms with van der Waals surface area (Å²) in [5.74, 6) is 0. The lowest BCUT2D eigenvalue weighted by Crippen LogP contribution is -2.49. The summed E-state index contributed by atoms with van der Waals surface area (Å²) in [5.41, 5.74) is 11.2. The predicted molar refractivity (Wildman–Crippen MR) is 123 cm³/mol. The normalized spacial score (nSPS) is 20.9. The fourth-order valence-electron chi connectivity index (χ4n) is 4.58. The molecule has 30 heavy (non-hydrogen) atoms. The van der Waals surface area contributed by atoms with E-state index in [1.54, 1.807) is 11.3 Å². The number of aliphatic hydroxyl groups excluding tert-OH is 2. The molecule has 1 aromatic heterocycles. The zero-order chi connectivity index (χ0) is 21.3. The van der Waals surface area contributed by atoms with Crippen LogP contribution in [0.4, 0.5) is 5.13 Å². The Labute approximate surface area is 183 Å². The Morgan fingerprint density at radius 3 is 2.83 bits per heavy atom. The van der Waals surface area contributed by atoms with E-state index >= 15 is 0 Å². The maximum Gasteiger partial charge on any atom is 0.185 e. The first-order valence-electron chi connectivity index (χ1n) is 11.0. The van der Waals surface area contributed by atoms with Gasteiger partial charge in [0.1, 0.15) is 0 Å². The van der Waals surface area contributed by atoms with E-state index in [1.807, 2.05) is 0 Å². The van der Waals surface area contributed by atoms with Gasteiger partial charge in [0.2, 0.25) is 0 Å². The fraction of sp³-hybridized carbons (Fsp3) is 0.609. The molecule has 0 radical (unpaired) electrons. The molecule has 1 fully saturated rings. The van der Waals surface area contributed by atoms with Crippen molar-refractivity contribution in [3.05, 3.63) is 34.7 Å².